The lowest BCUT2D eigenvalue weighted by Crippen LogP contribution is -2.26. The molecule has 1 heteroatoms. The molecule has 11 heavy (non-hydrogen) atoms. The van der Waals surface area contributed by atoms with Crippen molar-refractivity contribution in [3.05, 3.63) is 23.8 Å². The molecule has 0 aliphatic carbocycles. The standard InChI is InChI=1S/C10H17N/c1-3-4-6-10-7-5-8-11(2)9-10/h3-4,6H,5,7-9H2,1-2H3/b4-3-,10-6-. The van der Waals surface area contributed by atoms with E-state index in [0.717, 1.165) is 6.54 Å². The van der Waals surface area contributed by atoms with Gasteiger partial charge in [-0.05, 0) is 33.4 Å². The molecule has 0 amide bonds. The zero-order chi connectivity index (χ0) is 8.10. The summed E-state index contributed by atoms with van der Waals surface area (Å²) in [7, 11) is 2.18. The van der Waals surface area contributed by atoms with Gasteiger partial charge in [-0.2, -0.15) is 0 Å². The van der Waals surface area contributed by atoms with Crippen LogP contribution in [0.15, 0.2) is 23.8 Å². The van der Waals surface area contributed by atoms with Crippen molar-refractivity contribution in [2.24, 2.45) is 0 Å². The third-order valence-corrected chi connectivity index (χ3v) is 2.04. The number of allylic oxidation sites excluding steroid dienone is 3. The molecule has 0 spiro atoms. The Morgan fingerprint density at radius 1 is 1.45 bits per heavy atom. The van der Waals surface area contributed by atoms with Gasteiger partial charge in [0, 0.05) is 6.54 Å². The number of nitrogens with zero attached hydrogens (tertiary/aromatic N) is 1. The number of likely N-dealkylation sites (tertiary alicyclic amines) is 1. The lowest BCUT2D eigenvalue weighted by atomic mass is 10.1. The third kappa shape index (κ3) is 2.89. The zero-order valence-electron chi connectivity index (χ0n) is 7.51. The second-order valence-electron chi connectivity index (χ2n) is 3.19. The van der Waals surface area contributed by atoms with E-state index in [0.29, 0.717) is 0 Å². The van der Waals surface area contributed by atoms with E-state index in [2.05, 4.69) is 37.1 Å². The van der Waals surface area contributed by atoms with E-state index in [9.17, 15) is 0 Å². The fraction of sp³-hybridized carbons (Fsp3) is 0.600. The molecule has 0 saturated carbocycles. The van der Waals surface area contributed by atoms with Crippen molar-refractivity contribution in [3.63, 3.8) is 0 Å². The minimum absolute atomic E-state index is 1.16. The average Bonchev–Trinajstić information content (AvgIpc) is 2.01. The molecule has 1 fully saturated rings. The first kappa shape index (κ1) is 8.54. The first-order valence-corrected chi connectivity index (χ1v) is 4.32. The van der Waals surface area contributed by atoms with E-state index >= 15 is 0 Å². The Morgan fingerprint density at radius 3 is 2.91 bits per heavy atom. The third-order valence-electron chi connectivity index (χ3n) is 2.04. The minimum Gasteiger partial charge on any atom is -0.302 e. The SMILES string of the molecule is C/C=C\C=C1\CCCN(C)C1. The molecular formula is C10H17N. The molecule has 0 unspecified atom stereocenters. The molecule has 0 N–H and O–H groups in total. The molecule has 1 aliphatic rings. The summed E-state index contributed by atoms with van der Waals surface area (Å²) in [5.41, 5.74) is 1.57. The molecule has 1 saturated heterocycles. The van der Waals surface area contributed by atoms with Gasteiger partial charge < -0.3 is 4.90 Å². The molecule has 0 bridgehead atoms. The maximum Gasteiger partial charge on any atom is 0.0192 e. The van der Waals surface area contributed by atoms with Crippen LogP contribution in [0.1, 0.15) is 19.8 Å². The molecule has 0 aromatic rings. The monoisotopic (exact) mass is 151 g/mol. The molecule has 0 atom stereocenters. The average molecular weight is 151 g/mol. The van der Waals surface area contributed by atoms with E-state index in [1.54, 1.807) is 5.57 Å². The van der Waals surface area contributed by atoms with Gasteiger partial charge in [0.05, 0.1) is 0 Å². The van der Waals surface area contributed by atoms with Gasteiger partial charge in [-0.1, -0.05) is 23.8 Å². The van der Waals surface area contributed by atoms with Gasteiger partial charge in [0.1, 0.15) is 0 Å². The van der Waals surface area contributed by atoms with Crippen molar-refractivity contribution >= 4 is 0 Å². The summed E-state index contributed by atoms with van der Waals surface area (Å²) >= 11 is 0. The van der Waals surface area contributed by atoms with Gasteiger partial charge in [-0.25, -0.2) is 0 Å². The lowest BCUT2D eigenvalue weighted by Gasteiger charge is -2.23. The number of likely N-dealkylation sites (N-methyl/N-ethyl adjacent to an activating group) is 1. The fourth-order valence-electron chi connectivity index (χ4n) is 1.45. The highest BCUT2D eigenvalue weighted by molar-refractivity contribution is 5.14. The van der Waals surface area contributed by atoms with E-state index in [4.69, 9.17) is 0 Å². The molecule has 62 valence electrons. The predicted molar refractivity (Wildman–Crippen MR) is 49.6 cm³/mol. The van der Waals surface area contributed by atoms with E-state index in [1.807, 2.05) is 0 Å². The van der Waals surface area contributed by atoms with Crippen LogP contribution in [0.3, 0.4) is 0 Å². The van der Waals surface area contributed by atoms with Crippen LogP contribution in [0.5, 0.6) is 0 Å². The van der Waals surface area contributed by atoms with E-state index < -0.39 is 0 Å². The minimum atomic E-state index is 1.16. The number of piperidine rings is 1. The Bertz CT molecular complexity index is 168. The Morgan fingerprint density at radius 2 is 2.27 bits per heavy atom. The van der Waals surface area contributed by atoms with Crippen LogP contribution in [0, 0.1) is 0 Å². The first-order valence-electron chi connectivity index (χ1n) is 4.32. The van der Waals surface area contributed by atoms with Crippen molar-refractivity contribution in [3.8, 4) is 0 Å². The van der Waals surface area contributed by atoms with Gasteiger partial charge in [-0.15, -0.1) is 0 Å². The van der Waals surface area contributed by atoms with Crippen molar-refractivity contribution in [1.29, 1.82) is 0 Å². The highest BCUT2D eigenvalue weighted by Gasteiger charge is 2.08. The summed E-state index contributed by atoms with van der Waals surface area (Å²) in [6, 6.07) is 0. The van der Waals surface area contributed by atoms with Crippen molar-refractivity contribution in [2.45, 2.75) is 19.8 Å². The van der Waals surface area contributed by atoms with Crippen molar-refractivity contribution < 1.29 is 0 Å². The Balaban J connectivity index is 2.45. The van der Waals surface area contributed by atoms with E-state index in [-0.39, 0.29) is 0 Å². The fourth-order valence-corrected chi connectivity index (χ4v) is 1.45. The quantitative estimate of drug-likeness (QED) is 0.555. The van der Waals surface area contributed by atoms with Crippen LogP contribution in [0.4, 0.5) is 0 Å². The highest BCUT2D eigenvalue weighted by atomic mass is 15.1. The molecule has 0 aromatic heterocycles. The van der Waals surface area contributed by atoms with Gasteiger partial charge in [0.2, 0.25) is 0 Å². The number of hydrogen-bond acceptors (Lipinski definition) is 1. The normalized spacial score (nSPS) is 25.1. The van der Waals surface area contributed by atoms with Crippen LogP contribution >= 0.6 is 0 Å². The van der Waals surface area contributed by atoms with Gasteiger partial charge >= 0.3 is 0 Å². The number of hydrogen-bond donors (Lipinski definition) is 0. The molecule has 1 nitrogen and oxygen atoms in total. The molecular weight excluding hydrogens is 134 g/mol. The summed E-state index contributed by atoms with van der Waals surface area (Å²) in [5, 5.41) is 0. The maximum atomic E-state index is 2.37. The van der Waals surface area contributed by atoms with Crippen LogP contribution in [0.2, 0.25) is 0 Å². The van der Waals surface area contributed by atoms with Gasteiger partial charge in [-0.3, -0.25) is 0 Å². The smallest absolute Gasteiger partial charge is 0.0192 e. The molecule has 0 aromatic carbocycles. The maximum absolute atomic E-state index is 2.37. The highest BCUT2D eigenvalue weighted by Crippen LogP contribution is 2.13. The van der Waals surface area contributed by atoms with Crippen LogP contribution < -0.4 is 0 Å². The van der Waals surface area contributed by atoms with Gasteiger partial charge in [0.25, 0.3) is 0 Å². The van der Waals surface area contributed by atoms with Crippen LogP contribution in [-0.4, -0.2) is 25.0 Å². The second-order valence-corrected chi connectivity index (χ2v) is 3.19. The molecule has 0 radical (unpaired) electrons. The summed E-state index contributed by atoms with van der Waals surface area (Å²) < 4.78 is 0. The zero-order valence-corrected chi connectivity index (χ0v) is 7.51. The van der Waals surface area contributed by atoms with Crippen LogP contribution in [0.25, 0.3) is 0 Å². The lowest BCUT2D eigenvalue weighted by molar-refractivity contribution is 0.322. The van der Waals surface area contributed by atoms with Crippen LogP contribution in [-0.2, 0) is 0 Å². The topological polar surface area (TPSA) is 3.24 Å². The summed E-state index contributed by atoms with van der Waals surface area (Å²) in [5.74, 6) is 0. The van der Waals surface area contributed by atoms with Gasteiger partial charge in [0.15, 0.2) is 0 Å². The predicted octanol–water partition coefficient (Wildman–Crippen LogP) is 2.21. The number of rotatable bonds is 1. The largest absolute Gasteiger partial charge is 0.302 e. The first-order chi connectivity index (χ1) is 5.33. The Labute approximate surface area is 69.4 Å². The van der Waals surface area contributed by atoms with E-state index in [1.165, 1.54) is 19.4 Å². The summed E-state index contributed by atoms with van der Waals surface area (Å²) in [4.78, 5) is 2.37. The molecule has 1 rings (SSSR count). The summed E-state index contributed by atoms with van der Waals surface area (Å²) in [6.07, 6.45) is 9.07. The molecule has 1 heterocycles. The van der Waals surface area contributed by atoms with Crippen molar-refractivity contribution in [1.82, 2.24) is 4.90 Å². The second kappa shape index (κ2) is 4.35. The Hall–Kier alpha value is -0.560. The van der Waals surface area contributed by atoms with Crippen molar-refractivity contribution in [2.75, 3.05) is 20.1 Å². The summed E-state index contributed by atoms with van der Waals surface area (Å²) in [6.45, 7) is 4.47. The molecule has 1 aliphatic heterocycles. The Kier molecular flexibility index (Phi) is 3.37.